The van der Waals surface area contributed by atoms with Crippen LogP contribution in [0, 0.1) is 12.8 Å². The second-order valence-electron chi connectivity index (χ2n) is 8.10. The van der Waals surface area contributed by atoms with Crippen molar-refractivity contribution in [3.63, 3.8) is 0 Å². The number of sulfonamides is 1. The SMILES string of the molecule is COC(=O)c1cc(S(=O)(=O)N[C@@H](C)c2ccc(N3CCC[C@H](C)C3)cc2)ccc1C. The van der Waals surface area contributed by atoms with E-state index in [-0.39, 0.29) is 10.5 Å². The Morgan fingerprint density at radius 3 is 2.53 bits per heavy atom. The minimum atomic E-state index is -3.79. The molecule has 1 N–H and O–H groups in total. The van der Waals surface area contributed by atoms with Gasteiger partial charge in [-0.25, -0.2) is 17.9 Å². The number of hydrogen-bond donors (Lipinski definition) is 1. The summed E-state index contributed by atoms with van der Waals surface area (Å²) in [5.41, 5.74) is 2.96. The quantitative estimate of drug-likeness (QED) is 0.700. The van der Waals surface area contributed by atoms with Gasteiger partial charge in [-0.2, -0.15) is 0 Å². The number of nitrogens with one attached hydrogen (secondary N) is 1. The molecule has 0 aromatic heterocycles. The van der Waals surface area contributed by atoms with Gasteiger partial charge in [-0.1, -0.05) is 25.1 Å². The van der Waals surface area contributed by atoms with Crippen LogP contribution in [-0.2, 0) is 14.8 Å². The summed E-state index contributed by atoms with van der Waals surface area (Å²) in [6.45, 7) is 7.93. The molecule has 0 amide bonds. The second-order valence-corrected chi connectivity index (χ2v) is 9.81. The molecule has 6 nitrogen and oxygen atoms in total. The van der Waals surface area contributed by atoms with Crippen molar-refractivity contribution >= 4 is 21.7 Å². The number of aryl methyl sites for hydroxylation is 1. The molecule has 0 bridgehead atoms. The lowest BCUT2D eigenvalue weighted by molar-refractivity contribution is 0.0599. The monoisotopic (exact) mass is 430 g/mol. The van der Waals surface area contributed by atoms with Crippen LogP contribution in [0.25, 0.3) is 0 Å². The van der Waals surface area contributed by atoms with Gasteiger partial charge in [0.05, 0.1) is 17.6 Å². The fourth-order valence-corrected chi connectivity index (χ4v) is 5.12. The lowest BCUT2D eigenvalue weighted by Crippen LogP contribution is -2.34. The van der Waals surface area contributed by atoms with Crippen LogP contribution in [-0.4, -0.2) is 34.6 Å². The molecule has 0 spiro atoms. The van der Waals surface area contributed by atoms with Crippen LogP contribution in [0.1, 0.15) is 54.2 Å². The fourth-order valence-electron chi connectivity index (χ4n) is 3.86. The summed E-state index contributed by atoms with van der Waals surface area (Å²) < 4.78 is 33.2. The molecule has 2 aromatic carbocycles. The minimum absolute atomic E-state index is 0.0410. The maximum absolute atomic E-state index is 12.9. The Morgan fingerprint density at radius 1 is 1.20 bits per heavy atom. The van der Waals surface area contributed by atoms with Crippen LogP contribution in [0.3, 0.4) is 0 Å². The molecule has 3 rings (SSSR count). The third kappa shape index (κ3) is 5.02. The third-order valence-corrected chi connectivity index (χ3v) is 7.21. The smallest absolute Gasteiger partial charge is 0.338 e. The lowest BCUT2D eigenvalue weighted by Gasteiger charge is -2.33. The molecule has 1 fully saturated rings. The number of nitrogens with zero attached hydrogens (tertiary/aromatic N) is 1. The largest absolute Gasteiger partial charge is 0.465 e. The zero-order valence-corrected chi connectivity index (χ0v) is 18.8. The van der Waals surface area contributed by atoms with Crippen molar-refractivity contribution in [1.82, 2.24) is 4.72 Å². The van der Waals surface area contributed by atoms with Gasteiger partial charge in [0.1, 0.15) is 0 Å². The normalized spacial score (nSPS) is 18.1. The van der Waals surface area contributed by atoms with E-state index in [1.54, 1.807) is 13.0 Å². The molecular formula is C23H30N2O4S. The molecule has 0 unspecified atom stereocenters. The van der Waals surface area contributed by atoms with E-state index >= 15 is 0 Å². The van der Waals surface area contributed by atoms with Crippen molar-refractivity contribution in [3.8, 4) is 0 Å². The molecule has 2 atom stereocenters. The van der Waals surface area contributed by atoms with Gasteiger partial charge in [0.15, 0.2) is 0 Å². The number of carbonyl (C=O) groups is 1. The Labute approximate surface area is 179 Å². The zero-order chi connectivity index (χ0) is 21.9. The highest BCUT2D eigenvalue weighted by Gasteiger charge is 2.22. The molecule has 1 aliphatic rings. The van der Waals surface area contributed by atoms with E-state index in [1.807, 2.05) is 19.1 Å². The van der Waals surface area contributed by atoms with Crippen LogP contribution in [0.2, 0.25) is 0 Å². The summed E-state index contributed by atoms with van der Waals surface area (Å²) >= 11 is 0. The Bertz CT molecular complexity index is 1000. The Balaban J connectivity index is 1.75. The van der Waals surface area contributed by atoms with Crippen molar-refractivity contribution in [2.24, 2.45) is 5.92 Å². The summed E-state index contributed by atoms with van der Waals surface area (Å²) in [7, 11) is -2.52. The van der Waals surface area contributed by atoms with Gasteiger partial charge >= 0.3 is 5.97 Å². The molecule has 30 heavy (non-hydrogen) atoms. The molecule has 0 saturated carbocycles. The maximum Gasteiger partial charge on any atom is 0.338 e. The first-order chi connectivity index (χ1) is 14.2. The molecule has 7 heteroatoms. The molecule has 2 aromatic rings. The number of benzene rings is 2. The summed E-state index contributed by atoms with van der Waals surface area (Å²) in [6.07, 6.45) is 2.47. The number of ether oxygens (including phenoxy) is 1. The highest BCUT2D eigenvalue weighted by atomic mass is 32.2. The molecule has 0 radical (unpaired) electrons. The Hall–Kier alpha value is -2.38. The van der Waals surface area contributed by atoms with Crippen molar-refractivity contribution in [1.29, 1.82) is 0 Å². The predicted octanol–water partition coefficient (Wildman–Crippen LogP) is 4.06. The van der Waals surface area contributed by atoms with Crippen LogP contribution in [0.15, 0.2) is 47.4 Å². The average molecular weight is 431 g/mol. The van der Waals surface area contributed by atoms with Crippen molar-refractivity contribution in [2.75, 3.05) is 25.1 Å². The van der Waals surface area contributed by atoms with Crippen LogP contribution >= 0.6 is 0 Å². The topological polar surface area (TPSA) is 75.7 Å². The Morgan fingerprint density at radius 2 is 1.90 bits per heavy atom. The number of esters is 1. The van der Waals surface area contributed by atoms with Crippen LogP contribution < -0.4 is 9.62 Å². The standard InChI is InChI=1S/C23H30N2O4S/c1-16-6-5-13-25(15-16)20-10-8-19(9-11-20)18(3)24-30(27,28)21-12-7-17(2)22(14-21)23(26)29-4/h7-12,14,16,18,24H,5-6,13,15H2,1-4H3/t16-,18-/m0/s1. The zero-order valence-electron chi connectivity index (χ0n) is 18.0. The van der Waals surface area contributed by atoms with Gasteiger partial charge in [0.2, 0.25) is 10.0 Å². The summed E-state index contributed by atoms with van der Waals surface area (Å²) in [5, 5.41) is 0. The van der Waals surface area contributed by atoms with E-state index in [0.717, 1.165) is 18.7 Å². The maximum atomic E-state index is 12.9. The summed E-state index contributed by atoms with van der Waals surface area (Å²) in [4.78, 5) is 14.3. The van der Waals surface area contributed by atoms with Gasteiger partial charge in [0, 0.05) is 24.8 Å². The van der Waals surface area contributed by atoms with Gasteiger partial charge in [-0.3, -0.25) is 0 Å². The number of anilines is 1. The van der Waals surface area contributed by atoms with E-state index in [2.05, 4.69) is 28.7 Å². The van der Waals surface area contributed by atoms with E-state index in [0.29, 0.717) is 11.5 Å². The number of hydrogen-bond acceptors (Lipinski definition) is 5. The molecular weight excluding hydrogens is 400 g/mol. The molecule has 1 heterocycles. The molecule has 0 aliphatic carbocycles. The van der Waals surface area contributed by atoms with Crippen molar-refractivity contribution in [2.45, 2.75) is 44.6 Å². The fraction of sp³-hybridized carbons (Fsp3) is 0.435. The average Bonchev–Trinajstić information content (AvgIpc) is 2.73. The first kappa shape index (κ1) is 22.3. The van der Waals surface area contributed by atoms with E-state index < -0.39 is 22.0 Å². The summed E-state index contributed by atoms with van der Waals surface area (Å²) in [6, 6.07) is 12.1. The van der Waals surface area contributed by atoms with Gasteiger partial charge < -0.3 is 9.64 Å². The summed E-state index contributed by atoms with van der Waals surface area (Å²) in [5.74, 6) is 0.133. The van der Waals surface area contributed by atoms with E-state index in [1.165, 1.54) is 37.8 Å². The minimum Gasteiger partial charge on any atom is -0.465 e. The second kappa shape index (κ2) is 9.18. The first-order valence-corrected chi connectivity index (χ1v) is 11.8. The first-order valence-electron chi connectivity index (χ1n) is 10.3. The van der Waals surface area contributed by atoms with Gasteiger partial charge in [-0.05, 0) is 68.0 Å². The highest BCUT2D eigenvalue weighted by molar-refractivity contribution is 7.89. The molecule has 1 saturated heterocycles. The van der Waals surface area contributed by atoms with E-state index in [9.17, 15) is 13.2 Å². The molecule has 162 valence electrons. The Kier molecular flexibility index (Phi) is 6.83. The molecule has 1 aliphatic heterocycles. The predicted molar refractivity (Wildman–Crippen MR) is 118 cm³/mol. The number of rotatable bonds is 6. The van der Waals surface area contributed by atoms with Crippen molar-refractivity contribution < 1.29 is 17.9 Å². The van der Waals surface area contributed by atoms with Crippen molar-refractivity contribution in [3.05, 3.63) is 59.2 Å². The third-order valence-electron chi connectivity index (χ3n) is 5.67. The highest BCUT2D eigenvalue weighted by Crippen LogP contribution is 2.25. The van der Waals surface area contributed by atoms with Gasteiger partial charge in [-0.15, -0.1) is 0 Å². The lowest BCUT2D eigenvalue weighted by atomic mass is 9.99. The number of carbonyl (C=O) groups excluding carboxylic acids is 1. The number of piperidine rings is 1. The number of methoxy groups -OCH3 is 1. The van der Waals surface area contributed by atoms with Crippen LogP contribution in [0.4, 0.5) is 5.69 Å². The van der Waals surface area contributed by atoms with Crippen LogP contribution in [0.5, 0.6) is 0 Å². The van der Waals surface area contributed by atoms with Gasteiger partial charge in [0.25, 0.3) is 0 Å². The van der Waals surface area contributed by atoms with E-state index in [4.69, 9.17) is 4.74 Å².